The third-order valence-electron chi connectivity index (χ3n) is 2.50. The van der Waals surface area contributed by atoms with E-state index in [-0.39, 0.29) is 11.9 Å². The van der Waals surface area contributed by atoms with Crippen LogP contribution in [-0.2, 0) is 6.54 Å². The zero-order chi connectivity index (χ0) is 12.3. The van der Waals surface area contributed by atoms with Crippen LogP contribution < -0.4 is 5.32 Å². The lowest BCUT2D eigenvalue weighted by Gasteiger charge is -2.11. The van der Waals surface area contributed by atoms with Gasteiger partial charge in [0.2, 0.25) is 0 Å². The number of furan rings is 1. The van der Waals surface area contributed by atoms with Gasteiger partial charge >= 0.3 is 0 Å². The van der Waals surface area contributed by atoms with Crippen LogP contribution in [0.3, 0.4) is 0 Å². The smallest absolute Gasteiger partial charge is 0.124 e. The monoisotopic (exact) mass is 297 g/mol. The summed E-state index contributed by atoms with van der Waals surface area (Å²) < 4.78 is 19.2. The van der Waals surface area contributed by atoms with Gasteiger partial charge in [0, 0.05) is 11.0 Å². The minimum Gasteiger partial charge on any atom is -0.468 e. The second-order valence-electron chi connectivity index (χ2n) is 3.90. The highest BCUT2D eigenvalue weighted by atomic mass is 79.9. The molecule has 0 aliphatic heterocycles. The van der Waals surface area contributed by atoms with E-state index in [0.717, 1.165) is 15.8 Å². The molecule has 17 heavy (non-hydrogen) atoms. The van der Waals surface area contributed by atoms with Crippen molar-refractivity contribution in [2.75, 3.05) is 0 Å². The SMILES string of the molecule is C[C@H](NCc1cc(F)cc(Br)c1)c1ccco1. The van der Waals surface area contributed by atoms with E-state index in [1.807, 2.05) is 25.1 Å². The van der Waals surface area contributed by atoms with E-state index in [1.165, 1.54) is 12.1 Å². The number of nitrogens with one attached hydrogen (secondary N) is 1. The summed E-state index contributed by atoms with van der Waals surface area (Å²) in [5.41, 5.74) is 0.898. The fraction of sp³-hybridized carbons (Fsp3) is 0.231. The molecule has 0 radical (unpaired) electrons. The van der Waals surface area contributed by atoms with Gasteiger partial charge < -0.3 is 9.73 Å². The molecule has 0 bridgehead atoms. The van der Waals surface area contributed by atoms with E-state index in [1.54, 1.807) is 6.26 Å². The molecule has 0 spiro atoms. The minimum absolute atomic E-state index is 0.104. The second-order valence-corrected chi connectivity index (χ2v) is 4.81. The van der Waals surface area contributed by atoms with Gasteiger partial charge in [-0.05, 0) is 42.8 Å². The Balaban J connectivity index is 1.98. The minimum atomic E-state index is -0.234. The number of hydrogen-bond donors (Lipinski definition) is 1. The van der Waals surface area contributed by atoms with E-state index in [0.29, 0.717) is 6.54 Å². The van der Waals surface area contributed by atoms with Crippen LogP contribution >= 0.6 is 15.9 Å². The van der Waals surface area contributed by atoms with Crippen LogP contribution in [0.15, 0.2) is 45.5 Å². The van der Waals surface area contributed by atoms with Crippen LogP contribution in [0.2, 0.25) is 0 Å². The molecule has 1 N–H and O–H groups in total. The molecule has 0 fully saturated rings. The van der Waals surface area contributed by atoms with Crippen molar-refractivity contribution in [2.24, 2.45) is 0 Å². The quantitative estimate of drug-likeness (QED) is 0.922. The Kier molecular flexibility index (Phi) is 3.97. The van der Waals surface area contributed by atoms with Crippen LogP contribution in [0.4, 0.5) is 4.39 Å². The van der Waals surface area contributed by atoms with Gasteiger partial charge in [-0.2, -0.15) is 0 Å². The molecular formula is C13H13BrFNO. The summed E-state index contributed by atoms with van der Waals surface area (Å²) in [5.74, 6) is 0.641. The third-order valence-corrected chi connectivity index (χ3v) is 2.96. The number of rotatable bonds is 4. The third kappa shape index (κ3) is 3.41. The first-order valence-corrected chi connectivity index (χ1v) is 6.16. The summed E-state index contributed by atoms with van der Waals surface area (Å²) in [4.78, 5) is 0. The second kappa shape index (κ2) is 5.47. The highest BCUT2D eigenvalue weighted by Crippen LogP contribution is 2.17. The standard InChI is InChI=1S/C13H13BrFNO/c1-9(13-3-2-4-17-13)16-8-10-5-11(14)7-12(15)6-10/h2-7,9,16H,8H2,1H3/t9-/m0/s1. The van der Waals surface area contributed by atoms with Gasteiger partial charge in [0.1, 0.15) is 11.6 Å². The van der Waals surface area contributed by atoms with Crippen molar-refractivity contribution < 1.29 is 8.81 Å². The van der Waals surface area contributed by atoms with E-state index in [4.69, 9.17) is 4.42 Å². The Labute approximate surface area is 108 Å². The topological polar surface area (TPSA) is 25.2 Å². The van der Waals surface area contributed by atoms with Gasteiger partial charge in [0.25, 0.3) is 0 Å². The average Bonchev–Trinajstić information content (AvgIpc) is 2.78. The van der Waals surface area contributed by atoms with E-state index in [9.17, 15) is 4.39 Å². The Morgan fingerprint density at radius 3 is 2.88 bits per heavy atom. The summed E-state index contributed by atoms with van der Waals surface area (Å²) in [6.45, 7) is 2.60. The fourth-order valence-electron chi connectivity index (χ4n) is 1.62. The molecule has 0 aliphatic rings. The van der Waals surface area contributed by atoms with Gasteiger partial charge in [-0.15, -0.1) is 0 Å². The number of halogens is 2. The Bertz CT molecular complexity index is 464. The molecule has 0 amide bonds. The zero-order valence-electron chi connectivity index (χ0n) is 9.41. The maximum absolute atomic E-state index is 13.1. The predicted octanol–water partition coefficient (Wildman–Crippen LogP) is 4.03. The van der Waals surface area contributed by atoms with Crippen molar-refractivity contribution in [1.29, 1.82) is 0 Å². The zero-order valence-corrected chi connectivity index (χ0v) is 11.0. The molecule has 90 valence electrons. The summed E-state index contributed by atoms with van der Waals surface area (Å²) >= 11 is 3.27. The maximum atomic E-state index is 13.1. The van der Waals surface area contributed by atoms with Gasteiger partial charge in [-0.3, -0.25) is 0 Å². The summed E-state index contributed by atoms with van der Waals surface area (Å²) in [7, 11) is 0. The lowest BCUT2D eigenvalue weighted by Crippen LogP contribution is -2.17. The summed E-state index contributed by atoms with van der Waals surface area (Å²) in [6, 6.07) is 8.73. The van der Waals surface area contributed by atoms with Crippen LogP contribution in [0.25, 0.3) is 0 Å². The first-order valence-electron chi connectivity index (χ1n) is 5.37. The first-order chi connectivity index (χ1) is 8.15. The van der Waals surface area contributed by atoms with Crippen molar-refractivity contribution in [2.45, 2.75) is 19.5 Å². The van der Waals surface area contributed by atoms with Crippen LogP contribution in [0, 0.1) is 5.82 Å². The molecular weight excluding hydrogens is 285 g/mol. The van der Waals surface area contributed by atoms with Crippen LogP contribution in [-0.4, -0.2) is 0 Å². The van der Waals surface area contributed by atoms with Crippen molar-refractivity contribution >= 4 is 15.9 Å². The molecule has 2 nitrogen and oxygen atoms in total. The van der Waals surface area contributed by atoms with Gasteiger partial charge in [-0.1, -0.05) is 15.9 Å². The predicted molar refractivity (Wildman–Crippen MR) is 68.1 cm³/mol. The number of benzene rings is 1. The molecule has 0 saturated heterocycles. The maximum Gasteiger partial charge on any atom is 0.124 e. The van der Waals surface area contributed by atoms with Crippen molar-refractivity contribution in [3.8, 4) is 0 Å². The highest BCUT2D eigenvalue weighted by Gasteiger charge is 2.07. The average molecular weight is 298 g/mol. The molecule has 0 unspecified atom stereocenters. The summed E-state index contributed by atoms with van der Waals surface area (Å²) in [6.07, 6.45) is 1.65. The van der Waals surface area contributed by atoms with Crippen molar-refractivity contribution in [1.82, 2.24) is 5.32 Å². The molecule has 0 aliphatic carbocycles. The highest BCUT2D eigenvalue weighted by molar-refractivity contribution is 9.10. The normalized spacial score (nSPS) is 12.6. The van der Waals surface area contributed by atoms with Crippen LogP contribution in [0.1, 0.15) is 24.3 Å². The van der Waals surface area contributed by atoms with E-state index >= 15 is 0 Å². The Morgan fingerprint density at radius 2 is 2.24 bits per heavy atom. The van der Waals surface area contributed by atoms with Gasteiger partial charge in [0.05, 0.1) is 12.3 Å². The van der Waals surface area contributed by atoms with E-state index < -0.39 is 0 Å². The molecule has 1 aromatic heterocycles. The lowest BCUT2D eigenvalue weighted by molar-refractivity contribution is 0.430. The Hall–Kier alpha value is -1.13. The molecule has 1 heterocycles. The summed E-state index contributed by atoms with van der Waals surface area (Å²) in [5, 5.41) is 3.27. The molecule has 1 atom stereocenters. The van der Waals surface area contributed by atoms with Gasteiger partial charge in [0.15, 0.2) is 0 Å². The molecule has 4 heteroatoms. The fourth-order valence-corrected chi connectivity index (χ4v) is 2.13. The molecule has 0 saturated carbocycles. The molecule has 1 aromatic carbocycles. The van der Waals surface area contributed by atoms with Gasteiger partial charge in [-0.25, -0.2) is 4.39 Å². The Morgan fingerprint density at radius 1 is 1.41 bits per heavy atom. The van der Waals surface area contributed by atoms with Crippen molar-refractivity contribution in [3.63, 3.8) is 0 Å². The lowest BCUT2D eigenvalue weighted by atomic mass is 10.2. The van der Waals surface area contributed by atoms with Crippen LogP contribution in [0.5, 0.6) is 0 Å². The van der Waals surface area contributed by atoms with Crippen molar-refractivity contribution in [3.05, 3.63) is 58.2 Å². The first kappa shape index (κ1) is 12.3. The van der Waals surface area contributed by atoms with E-state index in [2.05, 4.69) is 21.2 Å². The largest absolute Gasteiger partial charge is 0.468 e. The molecule has 2 aromatic rings. The number of hydrogen-bond acceptors (Lipinski definition) is 2. The molecule has 2 rings (SSSR count).